The number of benzene rings is 5. The molecule has 0 bridgehead atoms. The van der Waals surface area contributed by atoms with E-state index in [-0.39, 0.29) is 34.6 Å². The molecule has 2 aliphatic heterocycles. The van der Waals surface area contributed by atoms with Crippen LogP contribution >= 0.6 is 30.4 Å². The van der Waals surface area contributed by atoms with E-state index in [9.17, 15) is 14.4 Å². The van der Waals surface area contributed by atoms with Crippen LogP contribution in [-0.4, -0.2) is 70.2 Å². The van der Waals surface area contributed by atoms with Gasteiger partial charge in [-0.1, -0.05) is 120 Å². The Bertz CT molecular complexity index is 2410. The molecule has 8 rings (SSSR count). The van der Waals surface area contributed by atoms with Crippen LogP contribution in [0.5, 0.6) is 0 Å². The van der Waals surface area contributed by atoms with Crippen molar-refractivity contribution in [2.45, 2.75) is 17.5 Å². The number of carbonyl (C=O) groups is 4. The van der Waals surface area contributed by atoms with Gasteiger partial charge in [-0.3, -0.25) is 19.3 Å². The zero-order valence-electron chi connectivity index (χ0n) is 32.7. The maximum atomic E-state index is 15.1. The Morgan fingerprint density at radius 2 is 1.34 bits per heavy atom. The molecule has 11 nitrogen and oxygen atoms in total. The number of halogens is 1. The molecule has 1 aromatic heterocycles. The Labute approximate surface area is 368 Å². The zero-order valence-corrected chi connectivity index (χ0v) is 36.0. The highest BCUT2D eigenvalue weighted by molar-refractivity contribution is 8.00. The van der Waals surface area contributed by atoms with Crippen LogP contribution in [0.15, 0.2) is 173 Å². The van der Waals surface area contributed by atoms with Crippen molar-refractivity contribution in [2.75, 3.05) is 24.3 Å². The molecule has 0 aliphatic carbocycles. The van der Waals surface area contributed by atoms with Crippen molar-refractivity contribution in [1.29, 1.82) is 0 Å². The predicted molar refractivity (Wildman–Crippen MR) is 238 cm³/mol. The van der Waals surface area contributed by atoms with Gasteiger partial charge in [0.05, 0.1) is 6.16 Å². The number of ether oxygens (including phenoxy) is 1. The van der Waals surface area contributed by atoms with Gasteiger partial charge in [0.15, 0.2) is 16.9 Å². The van der Waals surface area contributed by atoms with Crippen molar-refractivity contribution in [3.63, 3.8) is 0 Å². The van der Waals surface area contributed by atoms with Crippen LogP contribution in [0.4, 0.5) is 5.13 Å². The molecule has 5 aromatic carbocycles. The Hall–Kier alpha value is -6.11. The zero-order chi connectivity index (χ0) is 41.5. The maximum Gasteiger partial charge on any atom is 0.356 e. The van der Waals surface area contributed by atoms with Crippen molar-refractivity contribution < 1.29 is 41.2 Å². The van der Waals surface area contributed by atoms with Crippen LogP contribution in [0, 0.1) is 0 Å². The number of fused-ring (bicyclic) bond motifs is 1. The Balaban J connectivity index is 0.00000561. The second kappa shape index (κ2) is 19.5. The molecule has 3 heterocycles. The molecule has 0 saturated carbocycles. The van der Waals surface area contributed by atoms with Gasteiger partial charge in [-0.2, -0.15) is 0 Å². The fourth-order valence-corrected chi connectivity index (χ4v) is 14.1. The normalized spacial score (nSPS) is 16.1. The monoisotopic (exact) mass is 887 g/mol. The number of anilines is 1. The van der Waals surface area contributed by atoms with Crippen molar-refractivity contribution in [3.8, 4) is 0 Å². The van der Waals surface area contributed by atoms with Crippen molar-refractivity contribution in [3.05, 3.63) is 185 Å². The largest absolute Gasteiger partial charge is 1.00 e. The highest BCUT2D eigenvalue weighted by atomic mass is 35.5. The van der Waals surface area contributed by atoms with Gasteiger partial charge in [0.1, 0.15) is 53.1 Å². The number of thiazole rings is 1. The van der Waals surface area contributed by atoms with E-state index < -0.39 is 42.6 Å². The molecule has 0 radical (unpaired) electrons. The Morgan fingerprint density at radius 1 is 0.836 bits per heavy atom. The van der Waals surface area contributed by atoms with E-state index in [4.69, 9.17) is 9.57 Å². The number of aromatic nitrogens is 1. The molecular formula is C46H39ClN5O6PS2. The van der Waals surface area contributed by atoms with E-state index >= 15 is 4.79 Å². The summed E-state index contributed by atoms with van der Waals surface area (Å²) in [5.41, 5.74) is 2.48. The number of carbonyl (C=O) groups excluding carboxylic acids is 4. The van der Waals surface area contributed by atoms with E-state index in [0.29, 0.717) is 18.3 Å². The smallest absolute Gasteiger partial charge is 0.356 e. The molecule has 6 aromatic rings. The van der Waals surface area contributed by atoms with Crippen molar-refractivity contribution in [1.82, 2.24) is 15.2 Å². The SMILES string of the molecule is CON=C(C(=O)NC1C(=O)N2C(C(=O)OC(c3ccccc3)c3ccccc3)=C(C[P+](c3ccccc3)(c3ccccc3)c3ccccc3)CS[C@H]12)c1csc(NC=O)n1.[Cl-]. The Kier molecular flexibility index (Phi) is 13.8. The van der Waals surface area contributed by atoms with Crippen LogP contribution in [0.1, 0.15) is 22.9 Å². The van der Waals surface area contributed by atoms with E-state index in [2.05, 4.69) is 57.2 Å². The molecule has 2 aliphatic rings. The molecular weight excluding hydrogens is 849 g/mol. The number of hydrogen-bond acceptors (Lipinski definition) is 10. The second-order valence-corrected chi connectivity index (χ2v) is 19.3. The number of oxime groups is 1. The third-order valence-electron chi connectivity index (χ3n) is 10.3. The summed E-state index contributed by atoms with van der Waals surface area (Å²) in [6.45, 7) is 0. The van der Waals surface area contributed by atoms with Crippen molar-refractivity contribution >= 4 is 81.3 Å². The molecule has 1 saturated heterocycles. The first-order valence-corrected chi connectivity index (χ1v) is 22.9. The molecule has 1 fully saturated rings. The Morgan fingerprint density at radius 3 is 1.84 bits per heavy atom. The quantitative estimate of drug-likeness (QED) is 0.0401. The van der Waals surface area contributed by atoms with Gasteiger partial charge in [-0.15, -0.1) is 23.1 Å². The van der Waals surface area contributed by atoms with Gasteiger partial charge in [0, 0.05) is 16.7 Å². The van der Waals surface area contributed by atoms with Crippen LogP contribution in [0.2, 0.25) is 0 Å². The summed E-state index contributed by atoms with van der Waals surface area (Å²) in [7, 11) is -1.24. The van der Waals surface area contributed by atoms with Gasteiger partial charge in [0.25, 0.3) is 11.8 Å². The first kappa shape index (κ1) is 43.0. The lowest BCUT2D eigenvalue weighted by Crippen LogP contribution is -3.00. The van der Waals surface area contributed by atoms with Crippen LogP contribution in [0.3, 0.4) is 0 Å². The van der Waals surface area contributed by atoms with E-state index in [1.165, 1.54) is 23.8 Å². The lowest BCUT2D eigenvalue weighted by molar-refractivity contribution is -0.154. The second-order valence-electron chi connectivity index (χ2n) is 13.8. The summed E-state index contributed by atoms with van der Waals surface area (Å²) in [5, 5.41) is 13.7. The first-order valence-electron chi connectivity index (χ1n) is 19.0. The minimum atomic E-state index is -2.54. The van der Waals surface area contributed by atoms with E-state index in [0.717, 1.165) is 44.0 Å². The fraction of sp³-hybridized carbons (Fsp3) is 0.130. The lowest BCUT2D eigenvalue weighted by atomic mass is 10.0. The van der Waals surface area contributed by atoms with E-state index in [1.807, 2.05) is 115 Å². The minimum Gasteiger partial charge on any atom is -1.00 e. The average molecular weight is 888 g/mol. The molecule has 2 N–H and O–H groups in total. The van der Waals surface area contributed by atoms with Crippen LogP contribution < -0.4 is 39.0 Å². The lowest BCUT2D eigenvalue weighted by Gasteiger charge is -2.50. The number of hydrogen-bond donors (Lipinski definition) is 2. The van der Waals surface area contributed by atoms with Gasteiger partial charge in [0.2, 0.25) is 6.41 Å². The van der Waals surface area contributed by atoms with Gasteiger partial charge in [-0.25, -0.2) is 9.78 Å². The summed E-state index contributed by atoms with van der Waals surface area (Å²) < 4.78 is 6.54. The maximum absolute atomic E-state index is 15.1. The predicted octanol–water partition coefficient (Wildman–Crippen LogP) is 3.05. The van der Waals surface area contributed by atoms with Crippen LogP contribution in [-0.2, 0) is 28.8 Å². The number of thioether (sulfide) groups is 1. The summed E-state index contributed by atoms with van der Waals surface area (Å²) in [4.78, 5) is 65.2. The summed E-state index contributed by atoms with van der Waals surface area (Å²) in [6, 6.07) is 49.1. The molecule has 2 atom stereocenters. The standard InChI is InChI=1S/C46H38N5O6PS2.ClH/c1-56-50-38(37-29-60-46(48-37)47-30-52)42(53)49-39-43(54)51-40(45(55)57-41(31-17-7-2-8-18-31)32-19-9-3-10-20-32)33(28-59-44(39)51)27-58(34-21-11-4-12-22-34,35-23-13-5-14-24-35)36-25-15-6-16-26-36;/h2-26,29-30,39,41,44H,27-28H2,1H3,(H-,47,48,49,52,53);1H/t39?,44-;/m1./s1. The van der Waals surface area contributed by atoms with Crippen molar-refractivity contribution in [2.24, 2.45) is 5.16 Å². The molecule has 61 heavy (non-hydrogen) atoms. The highest BCUT2D eigenvalue weighted by Gasteiger charge is 2.57. The van der Waals surface area contributed by atoms with Crippen LogP contribution in [0.25, 0.3) is 0 Å². The summed E-state index contributed by atoms with van der Waals surface area (Å²) >= 11 is 2.58. The van der Waals surface area contributed by atoms with E-state index in [1.54, 1.807) is 5.38 Å². The topological polar surface area (TPSA) is 139 Å². The van der Waals surface area contributed by atoms with Gasteiger partial charge >= 0.3 is 5.97 Å². The molecule has 15 heteroatoms. The third-order valence-corrected chi connectivity index (χ3v) is 16.8. The minimum absolute atomic E-state index is 0. The number of β-lactam (4-membered cyclic amide) rings is 1. The first-order chi connectivity index (χ1) is 29.4. The number of nitrogens with zero attached hydrogens (tertiary/aromatic N) is 3. The molecule has 0 spiro atoms. The van der Waals surface area contributed by atoms with Gasteiger partial charge in [-0.05, 0) is 47.5 Å². The fourth-order valence-electron chi connectivity index (χ4n) is 7.60. The number of rotatable bonds is 15. The third kappa shape index (κ3) is 8.73. The molecule has 308 valence electrons. The number of nitrogens with one attached hydrogen (secondary N) is 2. The highest BCUT2D eigenvalue weighted by Crippen LogP contribution is 2.58. The molecule has 3 amide bonds. The molecule has 1 unspecified atom stereocenters. The average Bonchev–Trinajstić information content (AvgIpc) is 3.77. The summed E-state index contributed by atoms with van der Waals surface area (Å²) in [5.74, 6) is -1.43. The van der Waals surface area contributed by atoms with Gasteiger partial charge < -0.3 is 32.6 Å². The number of esters is 1. The summed E-state index contributed by atoms with van der Waals surface area (Å²) in [6.07, 6.45) is 0.161. The number of amides is 3.